The fourth-order valence-corrected chi connectivity index (χ4v) is 5.23. The molecule has 1 fully saturated rings. The molecule has 2 aromatic rings. The number of hydrogen-bond acceptors (Lipinski definition) is 13. The molecule has 0 aliphatic carbocycles. The third-order valence-electron chi connectivity index (χ3n) is 5.47. The summed E-state index contributed by atoms with van der Waals surface area (Å²) in [6, 6.07) is 8.50. The largest absolute Gasteiger partial charge is 0.367 e. The van der Waals surface area contributed by atoms with Crippen LogP contribution >= 0.6 is 0 Å². The van der Waals surface area contributed by atoms with Gasteiger partial charge in [0.2, 0.25) is 0 Å². The molecule has 1 aliphatic heterocycles. The second-order valence-corrected chi connectivity index (χ2v) is 13.9. The Hall–Kier alpha value is -2.45. The highest BCUT2D eigenvalue weighted by Crippen LogP contribution is 2.42. The number of aromatic amines is 1. The molecule has 0 unspecified atom stereocenters. The van der Waals surface area contributed by atoms with Gasteiger partial charge in [-0.25, -0.2) is 4.79 Å². The van der Waals surface area contributed by atoms with E-state index in [1.54, 1.807) is 30.3 Å². The van der Waals surface area contributed by atoms with Crippen LogP contribution in [0.4, 0.5) is 0 Å². The van der Waals surface area contributed by atoms with Gasteiger partial charge >= 0.3 is 5.69 Å². The molecule has 1 saturated heterocycles. The van der Waals surface area contributed by atoms with Gasteiger partial charge in [0.05, 0.1) is 25.4 Å². The zero-order valence-electron chi connectivity index (χ0n) is 21.3. The molecule has 3 atom stereocenters. The number of aryl methyl sites for hydroxylation is 1. The van der Waals surface area contributed by atoms with Crippen molar-refractivity contribution in [2.75, 3.05) is 32.0 Å². The monoisotopic (exact) mass is 612 g/mol. The molecule has 0 spiro atoms. The first kappa shape index (κ1) is 31.1. The van der Waals surface area contributed by atoms with Crippen molar-refractivity contribution in [3.63, 3.8) is 0 Å². The topological polar surface area (TPSA) is 203 Å². The summed E-state index contributed by atoms with van der Waals surface area (Å²) in [6.45, 7) is -0.674. The van der Waals surface area contributed by atoms with Crippen LogP contribution in [0.2, 0.25) is 0 Å². The standard InChI is InChI=1S/C21H28N2O13S3/c1-14-10-23(20(25)22-18(14)24)19-16(36-39(4,30)31)17(32-11-15-8-6-5-7-9-15)21(35-19,12-33-37(2,26)27)13-34-38(3,28)29/h5-10,16-17,19H,11-13H2,1-4H3,(H,22,24,25)/t16-,17-,19+/m1/s1. The second kappa shape index (κ2) is 11.6. The Morgan fingerprint density at radius 2 is 1.49 bits per heavy atom. The quantitative estimate of drug-likeness (QED) is 0.286. The van der Waals surface area contributed by atoms with E-state index in [-0.39, 0.29) is 12.2 Å². The van der Waals surface area contributed by atoms with Gasteiger partial charge in [-0.2, -0.15) is 25.3 Å². The molecule has 218 valence electrons. The molecule has 1 aromatic carbocycles. The number of rotatable bonds is 12. The zero-order chi connectivity index (χ0) is 29.2. The van der Waals surface area contributed by atoms with Crippen LogP contribution < -0.4 is 11.2 Å². The number of nitrogens with one attached hydrogen (secondary N) is 1. The lowest BCUT2D eigenvalue weighted by molar-refractivity contribution is -0.154. The first-order valence-corrected chi connectivity index (χ1v) is 16.6. The van der Waals surface area contributed by atoms with E-state index in [9.17, 15) is 34.8 Å². The molecule has 39 heavy (non-hydrogen) atoms. The Labute approximate surface area is 225 Å². The van der Waals surface area contributed by atoms with Crippen LogP contribution in [0.25, 0.3) is 0 Å². The first-order chi connectivity index (χ1) is 17.9. The Bertz CT molecular complexity index is 1580. The minimum absolute atomic E-state index is 0.0373. The molecule has 15 nitrogen and oxygen atoms in total. The number of H-pyrrole nitrogens is 1. The van der Waals surface area contributed by atoms with E-state index in [1.165, 1.54) is 6.92 Å². The molecule has 0 amide bonds. The van der Waals surface area contributed by atoms with Crippen molar-refractivity contribution in [3.8, 4) is 0 Å². The average molecular weight is 613 g/mol. The van der Waals surface area contributed by atoms with E-state index in [4.69, 9.17) is 22.0 Å². The lowest BCUT2D eigenvalue weighted by Gasteiger charge is -2.33. The molecule has 1 N–H and O–H groups in total. The number of nitrogens with zero attached hydrogens (tertiary/aromatic N) is 1. The fraction of sp³-hybridized carbons (Fsp3) is 0.524. The summed E-state index contributed by atoms with van der Waals surface area (Å²) in [6.07, 6.45) is -1.74. The van der Waals surface area contributed by atoms with E-state index in [1.807, 2.05) is 0 Å². The van der Waals surface area contributed by atoms with Crippen molar-refractivity contribution in [1.29, 1.82) is 0 Å². The smallest absolute Gasteiger partial charge is 0.330 e. The summed E-state index contributed by atoms with van der Waals surface area (Å²) < 4.78 is 100. The molecule has 18 heteroatoms. The first-order valence-electron chi connectivity index (χ1n) is 11.1. The zero-order valence-corrected chi connectivity index (χ0v) is 23.7. The van der Waals surface area contributed by atoms with Gasteiger partial charge < -0.3 is 9.47 Å². The highest BCUT2D eigenvalue weighted by molar-refractivity contribution is 7.86. The highest BCUT2D eigenvalue weighted by atomic mass is 32.2. The van der Waals surface area contributed by atoms with Crippen LogP contribution in [0.3, 0.4) is 0 Å². The van der Waals surface area contributed by atoms with Crippen molar-refractivity contribution in [3.05, 3.63) is 68.5 Å². The predicted molar refractivity (Wildman–Crippen MR) is 135 cm³/mol. The van der Waals surface area contributed by atoms with E-state index in [0.29, 0.717) is 5.56 Å². The van der Waals surface area contributed by atoms with Gasteiger partial charge in [0, 0.05) is 11.8 Å². The summed E-state index contributed by atoms with van der Waals surface area (Å²) in [5.74, 6) is 0. The molecule has 1 aliphatic rings. The summed E-state index contributed by atoms with van der Waals surface area (Å²) in [7, 11) is -12.6. The molecular weight excluding hydrogens is 584 g/mol. The Morgan fingerprint density at radius 1 is 0.923 bits per heavy atom. The molecule has 0 radical (unpaired) electrons. The van der Waals surface area contributed by atoms with Crippen LogP contribution in [-0.4, -0.2) is 84.6 Å². The molecular formula is C21H28N2O13S3. The van der Waals surface area contributed by atoms with Crippen LogP contribution in [0.1, 0.15) is 17.4 Å². The Morgan fingerprint density at radius 3 is 2.00 bits per heavy atom. The van der Waals surface area contributed by atoms with Gasteiger partial charge in [-0.15, -0.1) is 0 Å². The third-order valence-corrected chi connectivity index (χ3v) is 7.13. The van der Waals surface area contributed by atoms with Crippen molar-refractivity contribution < 1.29 is 47.3 Å². The van der Waals surface area contributed by atoms with Crippen LogP contribution in [0, 0.1) is 6.92 Å². The number of ether oxygens (including phenoxy) is 2. The number of aromatic nitrogens is 2. The summed E-state index contributed by atoms with van der Waals surface area (Å²) in [4.78, 5) is 26.8. The van der Waals surface area contributed by atoms with Gasteiger partial charge in [-0.1, -0.05) is 30.3 Å². The minimum Gasteiger partial charge on any atom is -0.367 e. The molecule has 3 rings (SSSR count). The average Bonchev–Trinajstić information content (AvgIpc) is 3.09. The van der Waals surface area contributed by atoms with Crippen molar-refractivity contribution in [1.82, 2.24) is 9.55 Å². The lowest BCUT2D eigenvalue weighted by atomic mass is 9.96. The van der Waals surface area contributed by atoms with Gasteiger partial charge in [0.15, 0.2) is 12.3 Å². The summed E-state index contributed by atoms with van der Waals surface area (Å²) in [5, 5.41) is 0. The fourth-order valence-electron chi connectivity index (χ4n) is 3.81. The van der Waals surface area contributed by atoms with Crippen LogP contribution in [0.5, 0.6) is 0 Å². The van der Waals surface area contributed by atoms with Crippen molar-refractivity contribution in [2.45, 2.75) is 37.6 Å². The van der Waals surface area contributed by atoms with E-state index in [2.05, 4.69) is 4.98 Å². The molecule has 2 heterocycles. The van der Waals surface area contributed by atoms with Crippen molar-refractivity contribution in [2.24, 2.45) is 0 Å². The van der Waals surface area contributed by atoms with Crippen molar-refractivity contribution >= 4 is 30.4 Å². The van der Waals surface area contributed by atoms with Gasteiger partial charge in [-0.05, 0) is 12.5 Å². The van der Waals surface area contributed by atoms with Gasteiger partial charge in [0.1, 0.15) is 24.9 Å². The predicted octanol–water partition coefficient (Wildman–Crippen LogP) is -1.00. The molecule has 0 bridgehead atoms. The maximum Gasteiger partial charge on any atom is 0.330 e. The lowest BCUT2D eigenvalue weighted by Crippen LogP contribution is -2.53. The van der Waals surface area contributed by atoms with Crippen LogP contribution in [-0.2, 0) is 59.0 Å². The Kier molecular flexibility index (Phi) is 9.22. The van der Waals surface area contributed by atoms with Crippen LogP contribution in [0.15, 0.2) is 46.1 Å². The summed E-state index contributed by atoms with van der Waals surface area (Å²) >= 11 is 0. The summed E-state index contributed by atoms with van der Waals surface area (Å²) in [5.41, 5.74) is -3.28. The Balaban J connectivity index is 2.22. The maximum atomic E-state index is 12.7. The van der Waals surface area contributed by atoms with E-state index >= 15 is 0 Å². The van der Waals surface area contributed by atoms with Gasteiger partial charge in [-0.3, -0.25) is 26.9 Å². The maximum absolute atomic E-state index is 12.7. The third kappa shape index (κ3) is 8.52. The highest BCUT2D eigenvalue weighted by Gasteiger charge is 2.60. The molecule has 1 aromatic heterocycles. The SMILES string of the molecule is Cc1cn([C@H]2OC(COS(C)(=O)=O)(COS(C)(=O)=O)[C@H](OCc3ccccc3)[C@H]2OS(C)(=O)=O)c(=O)[nH]c1=O. The minimum atomic E-state index is -4.30. The number of hydrogen-bond donors (Lipinski definition) is 1. The normalized spacial score (nSPS) is 21.7. The van der Waals surface area contributed by atoms with E-state index < -0.39 is 78.9 Å². The molecule has 0 saturated carbocycles. The second-order valence-electron chi connectivity index (χ2n) is 8.97. The van der Waals surface area contributed by atoms with E-state index in [0.717, 1.165) is 29.5 Å². The van der Waals surface area contributed by atoms with Gasteiger partial charge in [0.25, 0.3) is 35.9 Å². The number of benzene rings is 1.